The number of hydrogen-bond donors (Lipinski definition) is 0. The summed E-state index contributed by atoms with van der Waals surface area (Å²) in [6.07, 6.45) is -2.73. The molecule has 0 radical (unpaired) electrons. The lowest BCUT2D eigenvalue weighted by Crippen LogP contribution is -2.14. The second-order valence-electron chi connectivity index (χ2n) is 10.1. The topological polar surface area (TPSA) is 98.3 Å². The van der Waals surface area contributed by atoms with Crippen LogP contribution in [0.5, 0.6) is 0 Å². The second kappa shape index (κ2) is 12.4. The number of benzene rings is 5. The minimum atomic E-state index is -2.73. The highest BCUT2D eigenvalue weighted by Crippen LogP contribution is 2.45. The van der Waals surface area contributed by atoms with Crippen LogP contribution in [-0.2, 0) is 11.4 Å². The molecule has 0 aliphatic carbocycles. The standard InChI is InChI=1S/C35H19F4N3O3S/c36-25-11-15-31-29(18-25)32(28-7-2-1-4-24(28)19-40)33(42(31)46(45)26-12-8-20(9-13-26)34(38)39)22-6-3-5-21(16-22)27-14-10-23(17-30(27)37)35(43)41-44/h1-18,34H. The largest absolute Gasteiger partial charge is 0.587 e. The van der Waals surface area contributed by atoms with Crippen molar-refractivity contribution in [3.63, 3.8) is 0 Å². The van der Waals surface area contributed by atoms with Gasteiger partial charge in [0.05, 0.1) is 17.1 Å². The highest BCUT2D eigenvalue weighted by atomic mass is 32.2. The average Bonchev–Trinajstić information content (AvgIpc) is 3.41. The van der Waals surface area contributed by atoms with E-state index in [1.165, 1.54) is 58.6 Å². The van der Waals surface area contributed by atoms with Crippen LogP contribution in [0.3, 0.4) is 0 Å². The summed E-state index contributed by atoms with van der Waals surface area (Å²) in [5.74, 6) is -2.51. The predicted octanol–water partition coefficient (Wildman–Crippen LogP) is 9.21. The van der Waals surface area contributed by atoms with E-state index in [-0.39, 0.29) is 27.1 Å². The molecule has 226 valence electrons. The van der Waals surface area contributed by atoms with Crippen molar-refractivity contribution < 1.29 is 26.9 Å². The molecule has 0 spiro atoms. The quantitative estimate of drug-likeness (QED) is 0.0990. The molecular weight excluding hydrogens is 618 g/mol. The number of nitrogens with zero attached hydrogens (tertiary/aromatic N) is 3. The third-order valence-corrected chi connectivity index (χ3v) is 8.84. The van der Waals surface area contributed by atoms with Gasteiger partial charge < -0.3 is 4.55 Å². The van der Waals surface area contributed by atoms with Gasteiger partial charge in [-0.15, -0.1) is 4.91 Å². The Bertz CT molecular complexity index is 2190. The monoisotopic (exact) mass is 637 g/mol. The number of nitroso groups, excluding NO2 is 1. The van der Waals surface area contributed by atoms with Crippen LogP contribution in [0, 0.1) is 27.9 Å². The summed E-state index contributed by atoms with van der Waals surface area (Å²) < 4.78 is 72.5. The molecule has 6 rings (SSSR count). The summed E-state index contributed by atoms with van der Waals surface area (Å²) in [5.41, 5.74) is 2.03. The van der Waals surface area contributed by atoms with Gasteiger partial charge in [0.1, 0.15) is 28.7 Å². The first kappa shape index (κ1) is 30.5. The number of hydrogen-bond acceptors (Lipinski definition) is 4. The molecule has 0 bridgehead atoms. The van der Waals surface area contributed by atoms with Crippen LogP contribution in [0.4, 0.5) is 17.6 Å². The van der Waals surface area contributed by atoms with Crippen molar-refractivity contribution in [3.05, 3.63) is 142 Å². The molecule has 1 aromatic heterocycles. The van der Waals surface area contributed by atoms with Gasteiger partial charge in [-0.05, 0) is 72.3 Å². The van der Waals surface area contributed by atoms with Crippen molar-refractivity contribution in [2.45, 2.75) is 11.3 Å². The lowest BCUT2D eigenvalue weighted by Gasteiger charge is -2.17. The van der Waals surface area contributed by atoms with Crippen LogP contribution in [0.1, 0.15) is 27.9 Å². The number of alkyl halides is 2. The molecule has 0 saturated carbocycles. The summed E-state index contributed by atoms with van der Waals surface area (Å²) in [6, 6.07) is 27.7. The van der Waals surface area contributed by atoms with Crippen LogP contribution >= 0.6 is 0 Å². The molecule has 1 atom stereocenters. The Kier molecular flexibility index (Phi) is 8.23. The molecule has 1 heterocycles. The van der Waals surface area contributed by atoms with Gasteiger partial charge in [0.25, 0.3) is 6.43 Å². The van der Waals surface area contributed by atoms with Crippen LogP contribution in [0.25, 0.3) is 44.4 Å². The highest BCUT2D eigenvalue weighted by molar-refractivity contribution is 7.90. The Morgan fingerprint density at radius 1 is 0.848 bits per heavy atom. The second-order valence-corrected chi connectivity index (χ2v) is 11.5. The summed E-state index contributed by atoms with van der Waals surface area (Å²) >= 11 is -2.07. The first-order chi connectivity index (χ1) is 22.2. The highest BCUT2D eigenvalue weighted by Gasteiger charge is 2.30. The Hall–Kier alpha value is -5.57. The SMILES string of the molecule is N#Cc1ccccc1-c1c(-c2cccc(-c3ccc(C(=O)N=O)cc3F)c2)n([S+]([O-])c2ccc(C(F)F)cc2)c2ccc(F)cc12. The van der Waals surface area contributed by atoms with E-state index in [1.807, 2.05) is 0 Å². The van der Waals surface area contributed by atoms with E-state index < -0.39 is 35.3 Å². The summed E-state index contributed by atoms with van der Waals surface area (Å²) in [6.45, 7) is 0. The molecule has 6 aromatic rings. The first-order valence-electron chi connectivity index (χ1n) is 13.6. The minimum Gasteiger partial charge on any atom is -0.587 e. The molecule has 5 aromatic carbocycles. The van der Waals surface area contributed by atoms with Crippen molar-refractivity contribution in [2.24, 2.45) is 5.18 Å². The third-order valence-electron chi connectivity index (χ3n) is 7.45. The lowest BCUT2D eigenvalue weighted by atomic mass is 9.93. The number of halogens is 4. The number of carbonyl (C=O) groups is 1. The number of nitriles is 1. The summed E-state index contributed by atoms with van der Waals surface area (Å²) in [4.78, 5) is 22.5. The van der Waals surface area contributed by atoms with Crippen LogP contribution in [0.2, 0.25) is 0 Å². The Morgan fingerprint density at radius 2 is 1.59 bits per heavy atom. The average molecular weight is 638 g/mol. The van der Waals surface area contributed by atoms with E-state index in [0.29, 0.717) is 38.9 Å². The van der Waals surface area contributed by atoms with Gasteiger partial charge in [-0.1, -0.05) is 42.5 Å². The fourth-order valence-corrected chi connectivity index (χ4v) is 6.62. The van der Waals surface area contributed by atoms with E-state index in [1.54, 1.807) is 48.5 Å². The fourth-order valence-electron chi connectivity index (χ4n) is 5.34. The maximum Gasteiger partial charge on any atom is 0.316 e. The van der Waals surface area contributed by atoms with Crippen molar-refractivity contribution in [3.8, 4) is 39.6 Å². The Balaban J connectivity index is 1.66. The van der Waals surface area contributed by atoms with Gasteiger partial charge in [-0.2, -0.15) is 9.23 Å². The molecule has 0 N–H and O–H groups in total. The number of carbonyl (C=O) groups excluding carboxylic acids is 1. The van der Waals surface area contributed by atoms with E-state index in [4.69, 9.17) is 0 Å². The smallest absolute Gasteiger partial charge is 0.316 e. The van der Waals surface area contributed by atoms with E-state index in [9.17, 15) is 32.7 Å². The van der Waals surface area contributed by atoms with E-state index >= 15 is 4.39 Å². The van der Waals surface area contributed by atoms with Gasteiger partial charge in [0.15, 0.2) is 4.90 Å². The van der Waals surface area contributed by atoms with Crippen LogP contribution in [0.15, 0.2) is 119 Å². The molecule has 0 fully saturated rings. The lowest BCUT2D eigenvalue weighted by molar-refractivity contribution is 0.1000. The molecule has 46 heavy (non-hydrogen) atoms. The van der Waals surface area contributed by atoms with Crippen molar-refractivity contribution in [1.82, 2.24) is 3.97 Å². The minimum absolute atomic E-state index is 0.0840. The van der Waals surface area contributed by atoms with E-state index in [0.717, 1.165) is 6.07 Å². The van der Waals surface area contributed by atoms with Crippen molar-refractivity contribution in [1.29, 1.82) is 5.26 Å². The zero-order valence-corrected chi connectivity index (χ0v) is 24.3. The first-order valence-corrected chi connectivity index (χ1v) is 14.7. The molecule has 0 saturated heterocycles. The summed E-state index contributed by atoms with van der Waals surface area (Å²) in [7, 11) is 0. The number of amides is 1. The zero-order valence-electron chi connectivity index (χ0n) is 23.5. The summed E-state index contributed by atoms with van der Waals surface area (Å²) in [5, 5.41) is 12.6. The van der Waals surface area contributed by atoms with Crippen molar-refractivity contribution in [2.75, 3.05) is 0 Å². The molecule has 6 nitrogen and oxygen atoms in total. The third kappa shape index (κ3) is 5.45. The number of aromatic nitrogens is 1. The zero-order chi connectivity index (χ0) is 32.5. The molecule has 11 heteroatoms. The van der Waals surface area contributed by atoms with Gasteiger partial charge in [0.2, 0.25) is 0 Å². The van der Waals surface area contributed by atoms with Gasteiger partial charge in [-0.25, -0.2) is 17.6 Å². The molecule has 1 amide bonds. The van der Waals surface area contributed by atoms with E-state index in [2.05, 4.69) is 11.2 Å². The van der Waals surface area contributed by atoms with Crippen LogP contribution in [-0.4, -0.2) is 14.4 Å². The number of fused-ring (bicyclic) bond motifs is 1. The Morgan fingerprint density at radius 3 is 2.28 bits per heavy atom. The molecule has 0 aliphatic rings. The van der Waals surface area contributed by atoms with Gasteiger partial charge in [-0.3, -0.25) is 4.79 Å². The van der Waals surface area contributed by atoms with Gasteiger partial charge in [0, 0.05) is 43.9 Å². The normalized spacial score (nSPS) is 11.8. The van der Waals surface area contributed by atoms with Crippen LogP contribution < -0.4 is 0 Å². The fraction of sp³-hybridized carbons (Fsp3) is 0.0286. The maximum atomic E-state index is 15.3. The number of rotatable bonds is 7. The Labute approximate surface area is 262 Å². The van der Waals surface area contributed by atoms with Gasteiger partial charge >= 0.3 is 5.91 Å². The molecule has 0 aliphatic heterocycles. The maximum absolute atomic E-state index is 15.3. The molecular formula is C35H19F4N3O3S. The van der Waals surface area contributed by atoms with Crippen molar-refractivity contribution >= 4 is 28.2 Å². The predicted molar refractivity (Wildman–Crippen MR) is 166 cm³/mol. The molecule has 1 unspecified atom stereocenters.